The fourth-order valence-electron chi connectivity index (χ4n) is 2.29. The second-order valence-corrected chi connectivity index (χ2v) is 6.32. The van der Waals surface area contributed by atoms with Crippen molar-refractivity contribution >= 4 is 37.4 Å². The van der Waals surface area contributed by atoms with Gasteiger partial charge in [0.05, 0.1) is 10.6 Å². The van der Waals surface area contributed by atoms with Crippen LogP contribution in [0.5, 0.6) is 0 Å². The molecule has 3 aromatic rings. The zero-order valence-electron chi connectivity index (χ0n) is 10.5. The smallest absolute Gasteiger partial charge is 0.137 e. The average Bonchev–Trinajstić information content (AvgIpc) is 2.85. The molecular weight excluding hydrogens is 339 g/mol. The molecule has 0 spiro atoms. The zero-order valence-corrected chi connectivity index (χ0v) is 12.9. The van der Waals surface area contributed by atoms with Crippen LogP contribution in [0.15, 0.2) is 52.3 Å². The minimum Gasteiger partial charge on any atom is -0.388 e. The van der Waals surface area contributed by atoms with Crippen molar-refractivity contribution in [2.45, 2.75) is 12.5 Å². The summed E-state index contributed by atoms with van der Waals surface area (Å²) in [5.41, 5.74) is 1.68. The Hall–Kier alpha value is -1.23. The van der Waals surface area contributed by atoms with Gasteiger partial charge >= 0.3 is 0 Å². The number of hydrogen-bond acceptors (Lipinski definition) is 2. The molecule has 0 radical (unpaired) electrons. The van der Waals surface area contributed by atoms with Crippen molar-refractivity contribution < 1.29 is 9.50 Å². The van der Waals surface area contributed by atoms with Gasteiger partial charge in [0.25, 0.3) is 0 Å². The molecule has 102 valence electrons. The van der Waals surface area contributed by atoms with E-state index >= 15 is 0 Å². The summed E-state index contributed by atoms with van der Waals surface area (Å²) in [6.07, 6.45) is -0.246. The first-order valence-corrected chi connectivity index (χ1v) is 7.91. The molecule has 0 bridgehead atoms. The predicted octanol–water partition coefficient (Wildman–Crippen LogP) is 5.08. The van der Waals surface area contributed by atoms with Crippen LogP contribution in [0.3, 0.4) is 0 Å². The molecule has 2 aromatic carbocycles. The summed E-state index contributed by atoms with van der Waals surface area (Å²) in [5, 5.41) is 13.6. The minimum atomic E-state index is -0.724. The van der Waals surface area contributed by atoms with E-state index in [9.17, 15) is 9.50 Å². The number of fused-ring (bicyclic) bond motifs is 1. The van der Waals surface area contributed by atoms with Crippen molar-refractivity contribution in [2.24, 2.45) is 0 Å². The van der Waals surface area contributed by atoms with E-state index < -0.39 is 6.10 Å². The predicted molar refractivity (Wildman–Crippen MR) is 84.6 cm³/mol. The fraction of sp³-hybridized carbons (Fsp3) is 0.125. The Morgan fingerprint density at radius 2 is 1.95 bits per heavy atom. The molecule has 20 heavy (non-hydrogen) atoms. The molecule has 1 unspecified atom stereocenters. The first-order chi connectivity index (χ1) is 9.66. The van der Waals surface area contributed by atoms with E-state index in [4.69, 9.17) is 0 Å². The molecule has 1 heterocycles. The normalized spacial score (nSPS) is 12.8. The summed E-state index contributed by atoms with van der Waals surface area (Å²) in [5.74, 6) is -0.350. The van der Waals surface area contributed by atoms with Crippen molar-refractivity contribution in [3.63, 3.8) is 0 Å². The second-order valence-electron chi connectivity index (χ2n) is 4.62. The van der Waals surface area contributed by atoms with Gasteiger partial charge in [0.2, 0.25) is 0 Å². The monoisotopic (exact) mass is 350 g/mol. The van der Waals surface area contributed by atoms with Crippen molar-refractivity contribution in [3.05, 3.63) is 69.3 Å². The molecule has 0 fully saturated rings. The van der Waals surface area contributed by atoms with E-state index in [2.05, 4.69) is 33.4 Å². The first-order valence-electron chi connectivity index (χ1n) is 6.24. The van der Waals surface area contributed by atoms with Crippen molar-refractivity contribution in [2.75, 3.05) is 0 Å². The number of benzene rings is 2. The van der Waals surface area contributed by atoms with Crippen molar-refractivity contribution in [1.29, 1.82) is 0 Å². The van der Waals surface area contributed by atoms with E-state index in [0.29, 0.717) is 16.5 Å². The molecule has 0 saturated heterocycles. The maximum absolute atomic E-state index is 13.5. The van der Waals surface area contributed by atoms with Crippen LogP contribution in [-0.2, 0) is 6.42 Å². The van der Waals surface area contributed by atoms with Gasteiger partial charge in [-0.1, -0.05) is 30.3 Å². The van der Waals surface area contributed by atoms with E-state index in [-0.39, 0.29) is 5.82 Å². The molecule has 3 rings (SSSR count). The lowest BCUT2D eigenvalue weighted by Gasteiger charge is -2.13. The molecule has 0 aliphatic heterocycles. The lowest BCUT2D eigenvalue weighted by molar-refractivity contribution is 0.177. The molecule has 1 atom stereocenters. The van der Waals surface area contributed by atoms with Crippen LogP contribution in [0.25, 0.3) is 10.1 Å². The number of thiophene rings is 1. The summed E-state index contributed by atoms with van der Waals surface area (Å²) in [6, 6.07) is 12.8. The van der Waals surface area contributed by atoms with Crippen molar-refractivity contribution in [3.8, 4) is 0 Å². The van der Waals surface area contributed by atoms with Crippen LogP contribution in [0.2, 0.25) is 0 Å². The molecular formula is C16H12BrFOS. The van der Waals surface area contributed by atoms with Crippen LogP contribution < -0.4 is 0 Å². The van der Waals surface area contributed by atoms with Gasteiger partial charge in [-0.2, -0.15) is 0 Å². The third-order valence-electron chi connectivity index (χ3n) is 3.31. The van der Waals surface area contributed by atoms with Crippen LogP contribution in [-0.4, -0.2) is 5.11 Å². The van der Waals surface area contributed by atoms with Gasteiger partial charge in [-0.3, -0.25) is 0 Å². The van der Waals surface area contributed by atoms with Gasteiger partial charge in [-0.25, -0.2) is 4.39 Å². The Kier molecular flexibility index (Phi) is 3.87. The summed E-state index contributed by atoms with van der Waals surface area (Å²) < 4.78 is 15.1. The molecule has 1 N–H and O–H groups in total. The SMILES string of the molecule is OC(Cc1csc2ccccc12)c1cccc(F)c1Br. The largest absolute Gasteiger partial charge is 0.388 e. The third kappa shape index (κ3) is 2.51. The number of aliphatic hydroxyl groups excluding tert-OH is 1. The Balaban J connectivity index is 1.92. The van der Waals surface area contributed by atoms with Crippen molar-refractivity contribution in [1.82, 2.24) is 0 Å². The molecule has 1 aromatic heterocycles. The number of aliphatic hydroxyl groups is 1. The summed E-state index contributed by atoms with van der Waals surface area (Å²) in [6.45, 7) is 0. The van der Waals surface area contributed by atoms with Gasteiger partial charge < -0.3 is 5.11 Å². The lowest BCUT2D eigenvalue weighted by Crippen LogP contribution is -2.03. The van der Waals surface area contributed by atoms with E-state index in [1.807, 2.05) is 12.1 Å². The summed E-state index contributed by atoms with van der Waals surface area (Å²) >= 11 is 4.86. The second kappa shape index (κ2) is 5.64. The van der Waals surface area contributed by atoms with Crippen LogP contribution in [0.4, 0.5) is 4.39 Å². The lowest BCUT2D eigenvalue weighted by atomic mass is 10.0. The fourth-order valence-corrected chi connectivity index (χ4v) is 3.79. The van der Waals surface area contributed by atoms with E-state index in [1.54, 1.807) is 23.5 Å². The van der Waals surface area contributed by atoms with E-state index in [0.717, 1.165) is 10.9 Å². The summed E-state index contributed by atoms with van der Waals surface area (Å²) in [7, 11) is 0. The molecule has 0 saturated carbocycles. The Bertz CT molecular complexity index is 753. The van der Waals surface area contributed by atoms with Gasteiger partial charge in [-0.05, 0) is 50.0 Å². The maximum Gasteiger partial charge on any atom is 0.137 e. The highest BCUT2D eigenvalue weighted by Gasteiger charge is 2.16. The summed E-state index contributed by atoms with van der Waals surface area (Å²) in [4.78, 5) is 0. The number of hydrogen-bond donors (Lipinski definition) is 1. The third-order valence-corrected chi connectivity index (χ3v) is 5.16. The Morgan fingerprint density at radius 3 is 2.80 bits per heavy atom. The standard InChI is InChI=1S/C16H12BrFOS/c17-16-12(5-3-6-13(16)18)14(19)8-10-9-20-15-7-2-1-4-11(10)15/h1-7,9,14,19H,8H2. The zero-order chi connectivity index (χ0) is 14.1. The number of halogens is 2. The van der Waals surface area contributed by atoms with Crippen LogP contribution in [0.1, 0.15) is 17.2 Å². The molecule has 1 nitrogen and oxygen atoms in total. The highest BCUT2D eigenvalue weighted by atomic mass is 79.9. The van der Waals surface area contributed by atoms with Gasteiger partial charge in [0, 0.05) is 11.1 Å². The van der Waals surface area contributed by atoms with E-state index in [1.165, 1.54) is 10.8 Å². The highest BCUT2D eigenvalue weighted by Crippen LogP contribution is 2.32. The molecule has 0 aliphatic rings. The van der Waals surface area contributed by atoms with Gasteiger partial charge in [0.15, 0.2) is 0 Å². The minimum absolute atomic E-state index is 0.340. The van der Waals surface area contributed by atoms with Crippen LogP contribution in [0, 0.1) is 5.82 Å². The van der Waals surface area contributed by atoms with Gasteiger partial charge in [-0.15, -0.1) is 11.3 Å². The number of rotatable bonds is 3. The highest BCUT2D eigenvalue weighted by molar-refractivity contribution is 9.10. The Morgan fingerprint density at radius 1 is 1.15 bits per heavy atom. The van der Waals surface area contributed by atoms with Gasteiger partial charge in [0.1, 0.15) is 5.82 Å². The Labute approximate surface area is 128 Å². The molecule has 0 aliphatic carbocycles. The van der Waals surface area contributed by atoms with Crippen LogP contribution >= 0.6 is 27.3 Å². The average molecular weight is 351 g/mol. The first kappa shape index (κ1) is 13.7. The topological polar surface area (TPSA) is 20.2 Å². The maximum atomic E-state index is 13.5. The molecule has 0 amide bonds. The quantitative estimate of drug-likeness (QED) is 0.698. The molecule has 4 heteroatoms.